The lowest BCUT2D eigenvalue weighted by Gasteiger charge is -2.20. The SMILES string of the molecule is CCCNCc1cccc(SC(C)C(=O)N2CCCC2)c1. The highest BCUT2D eigenvalue weighted by Crippen LogP contribution is 2.26. The van der Waals surface area contributed by atoms with Crippen molar-refractivity contribution in [2.45, 2.75) is 49.8 Å². The van der Waals surface area contributed by atoms with E-state index < -0.39 is 0 Å². The molecule has 1 aliphatic rings. The molecule has 1 aromatic rings. The van der Waals surface area contributed by atoms with Crippen molar-refractivity contribution >= 4 is 17.7 Å². The van der Waals surface area contributed by atoms with Crippen LogP contribution in [-0.4, -0.2) is 35.7 Å². The second-order valence-electron chi connectivity index (χ2n) is 5.62. The molecule has 0 saturated carbocycles. The van der Waals surface area contributed by atoms with Gasteiger partial charge in [-0.05, 0) is 50.4 Å². The lowest BCUT2D eigenvalue weighted by atomic mass is 10.2. The van der Waals surface area contributed by atoms with Crippen molar-refractivity contribution in [3.05, 3.63) is 29.8 Å². The summed E-state index contributed by atoms with van der Waals surface area (Å²) in [7, 11) is 0. The number of thioether (sulfide) groups is 1. The minimum Gasteiger partial charge on any atom is -0.342 e. The van der Waals surface area contributed by atoms with Gasteiger partial charge in [-0.25, -0.2) is 0 Å². The smallest absolute Gasteiger partial charge is 0.235 e. The number of nitrogens with one attached hydrogen (secondary N) is 1. The van der Waals surface area contributed by atoms with Gasteiger partial charge in [0.25, 0.3) is 0 Å². The highest BCUT2D eigenvalue weighted by molar-refractivity contribution is 8.00. The summed E-state index contributed by atoms with van der Waals surface area (Å²) in [6.45, 7) is 8.01. The van der Waals surface area contributed by atoms with Gasteiger partial charge in [-0.2, -0.15) is 0 Å². The molecule has 21 heavy (non-hydrogen) atoms. The van der Waals surface area contributed by atoms with E-state index in [1.165, 1.54) is 10.5 Å². The molecule has 3 nitrogen and oxygen atoms in total. The topological polar surface area (TPSA) is 32.3 Å². The Kier molecular flexibility index (Phi) is 6.58. The molecule has 4 heteroatoms. The summed E-state index contributed by atoms with van der Waals surface area (Å²) in [5.41, 5.74) is 1.29. The second kappa shape index (κ2) is 8.44. The maximum absolute atomic E-state index is 12.3. The van der Waals surface area contributed by atoms with Gasteiger partial charge in [-0.15, -0.1) is 11.8 Å². The molecule has 0 aromatic heterocycles. The summed E-state index contributed by atoms with van der Waals surface area (Å²) in [6, 6.07) is 8.51. The number of amides is 1. The van der Waals surface area contributed by atoms with Crippen molar-refractivity contribution in [2.75, 3.05) is 19.6 Å². The number of nitrogens with zero attached hydrogens (tertiary/aromatic N) is 1. The van der Waals surface area contributed by atoms with Crippen LogP contribution in [0.25, 0.3) is 0 Å². The molecule has 0 radical (unpaired) electrons. The van der Waals surface area contributed by atoms with Gasteiger partial charge < -0.3 is 10.2 Å². The van der Waals surface area contributed by atoms with Gasteiger partial charge in [0.2, 0.25) is 5.91 Å². The van der Waals surface area contributed by atoms with E-state index in [4.69, 9.17) is 0 Å². The molecule has 0 aliphatic carbocycles. The molecular formula is C17H26N2OS. The monoisotopic (exact) mass is 306 g/mol. The predicted molar refractivity (Wildman–Crippen MR) is 89.6 cm³/mol. The molecule has 1 atom stereocenters. The van der Waals surface area contributed by atoms with Crippen molar-refractivity contribution in [3.63, 3.8) is 0 Å². The van der Waals surface area contributed by atoms with Gasteiger partial charge >= 0.3 is 0 Å². The number of rotatable bonds is 7. The molecule has 1 unspecified atom stereocenters. The van der Waals surface area contributed by atoms with E-state index >= 15 is 0 Å². The van der Waals surface area contributed by atoms with Gasteiger partial charge in [0, 0.05) is 24.5 Å². The Morgan fingerprint density at radius 2 is 2.14 bits per heavy atom. The van der Waals surface area contributed by atoms with E-state index in [1.54, 1.807) is 11.8 Å². The van der Waals surface area contributed by atoms with Crippen LogP contribution in [0, 0.1) is 0 Å². The number of hydrogen-bond donors (Lipinski definition) is 1. The van der Waals surface area contributed by atoms with E-state index in [0.29, 0.717) is 0 Å². The number of likely N-dealkylation sites (tertiary alicyclic amines) is 1. The van der Waals surface area contributed by atoms with Crippen LogP contribution in [-0.2, 0) is 11.3 Å². The minimum absolute atomic E-state index is 0.00181. The Hall–Kier alpha value is -1.00. The first-order valence-corrected chi connectivity index (χ1v) is 8.83. The van der Waals surface area contributed by atoms with Crippen molar-refractivity contribution in [3.8, 4) is 0 Å². The van der Waals surface area contributed by atoms with Gasteiger partial charge in [-0.1, -0.05) is 19.1 Å². The second-order valence-corrected chi connectivity index (χ2v) is 7.03. The average Bonchev–Trinajstić information content (AvgIpc) is 3.01. The van der Waals surface area contributed by atoms with Crippen LogP contribution < -0.4 is 5.32 Å². The fourth-order valence-electron chi connectivity index (χ4n) is 2.59. The quantitative estimate of drug-likeness (QED) is 0.620. The maximum atomic E-state index is 12.3. The summed E-state index contributed by atoms with van der Waals surface area (Å²) in [5, 5.41) is 3.42. The molecule has 1 aliphatic heterocycles. The van der Waals surface area contributed by atoms with E-state index in [9.17, 15) is 4.79 Å². The number of benzene rings is 1. The summed E-state index contributed by atoms with van der Waals surface area (Å²) in [5.74, 6) is 0.284. The zero-order valence-electron chi connectivity index (χ0n) is 13.1. The van der Waals surface area contributed by atoms with Gasteiger partial charge in [0.05, 0.1) is 5.25 Å². The number of carbonyl (C=O) groups excluding carboxylic acids is 1. The van der Waals surface area contributed by atoms with E-state index in [2.05, 4.69) is 36.5 Å². The molecule has 116 valence electrons. The Morgan fingerprint density at radius 1 is 1.38 bits per heavy atom. The number of hydrogen-bond acceptors (Lipinski definition) is 3. The molecule has 1 saturated heterocycles. The third-order valence-corrected chi connectivity index (χ3v) is 4.81. The van der Waals surface area contributed by atoms with Crippen LogP contribution >= 0.6 is 11.8 Å². The van der Waals surface area contributed by atoms with E-state index in [0.717, 1.165) is 45.4 Å². The lowest BCUT2D eigenvalue weighted by Crippen LogP contribution is -2.33. The Balaban J connectivity index is 1.89. The highest BCUT2D eigenvalue weighted by atomic mass is 32.2. The van der Waals surface area contributed by atoms with Crippen molar-refractivity contribution in [2.24, 2.45) is 0 Å². The van der Waals surface area contributed by atoms with Gasteiger partial charge in [0.1, 0.15) is 0 Å². The van der Waals surface area contributed by atoms with Crippen LogP contribution in [0.2, 0.25) is 0 Å². The zero-order chi connectivity index (χ0) is 15.1. The molecular weight excluding hydrogens is 280 g/mol. The first-order chi connectivity index (χ1) is 10.2. The molecule has 1 amide bonds. The first kappa shape index (κ1) is 16.4. The maximum Gasteiger partial charge on any atom is 0.235 e. The molecule has 1 aromatic carbocycles. The van der Waals surface area contributed by atoms with Crippen LogP contribution in [0.5, 0.6) is 0 Å². The summed E-state index contributed by atoms with van der Waals surface area (Å²) < 4.78 is 0. The number of carbonyl (C=O) groups is 1. The average molecular weight is 306 g/mol. The molecule has 0 bridgehead atoms. The van der Waals surface area contributed by atoms with Crippen molar-refractivity contribution in [1.82, 2.24) is 10.2 Å². The zero-order valence-corrected chi connectivity index (χ0v) is 13.9. The van der Waals surface area contributed by atoms with Crippen LogP contribution in [0.1, 0.15) is 38.7 Å². The van der Waals surface area contributed by atoms with Crippen molar-refractivity contribution in [1.29, 1.82) is 0 Å². The standard InChI is InChI=1S/C17H26N2OS/c1-3-9-18-13-15-7-6-8-16(12-15)21-14(2)17(20)19-10-4-5-11-19/h6-8,12,14,18H,3-5,9-11,13H2,1-2H3. The van der Waals surface area contributed by atoms with E-state index in [1.807, 2.05) is 11.8 Å². The third kappa shape index (κ3) is 5.04. The first-order valence-electron chi connectivity index (χ1n) is 7.96. The third-order valence-electron chi connectivity index (χ3n) is 3.73. The lowest BCUT2D eigenvalue weighted by molar-refractivity contribution is -0.129. The largest absolute Gasteiger partial charge is 0.342 e. The van der Waals surface area contributed by atoms with Gasteiger partial charge in [0.15, 0.2) is 0 Å². The molecule has 1 fully saturated rings. The Bertz CT molecular complexity index is 458. The van der Waals surface area contributed by atoms with Crippen molar-refractivity contribution < 1.29 is 4.79 Å². The summed E-state index contributed by atoms with van der Waals surface area (Å²) in [6.07, 6.45) is 3.46. The minimum atomic E-state index is 0.00181. The predicted octanol–water partition coefficient (Wildman–Crippen LogP) is 3.29. The Morgan fingerprint density at radius 3 is 2.86 bits per heavy atom. The fraction of sp³-hybridized carbons (Fsp3) is 0.588. The molecule has 2 rings (SSSR count). The summed E-state index contributed by atoms with van der Waals surface area (Å²) in [4.78, 5) is 15.5. The van der Waals surface area contributed by atoms with Crippen LogP contribution in [0.3, 0.4) is 0 Å². The molecule has 1 N–H and O–H groups in total. The highest BCUT2D eigenvalue weighted by Gasteiger charge is 2.23. The van der Waals surface area contributed by atoms with Crippen LogP contribution in [0.15, 0.2) is 29.2 Å². The van der Waals surface area contributed by atoms with Crippen LogP contribution in [0.4, 0.5) is 0 Å². The fourth-order valence-corrected chi connectivity index (χ4v) is 3.62. The van der Waals surface area contributed by atoms with Gasteiger partial charge in [-0.3, -0.25) is 4.79 Å². The van der Waals surface area contributed by atoms with E-state index in [-0.39, 0.29) is 11.2 Å². The Labute approximate surface area is 132 Å². The molecule has 1 heterocycles. The normalized spacial score (nSPS) is 16.2. The summed E-state index contributed by atoms with van der Waals surface area (Å²) >= 11 is 1.67. The molecule has 0 spiro atoms.